The standard InChI is InChI=1S/C15H9NO3/c17-15-13(10-5-2-1-3-6-10)14(15)11-7-4-8-12(9-11)16(18)19/h1-9H. The van der Waals surface area contributed by atoms with Gasteiger partial charge in [-0.05, 0) is 11.1 Å². The normalized spacial score (nSPS) is 10.7. The Hall–Kier alpha value is -2.75. The second-order valence-corrected chi connectivity index (χ2v) is 4.25. The first-order chi connectivity index (χ1) is 9.18. The van der Waals surface area contributed by atoms with E-state index in [1.807, 2.05) is 30.3 Å². The number of nitro groups is 1. The van der Waals surface area contributed by atoms with Crippen LogP contribution in [-0.4, -0.2) is 4.92 Å². The Morgan fingerprint density at radius 2 is 1.47 bits per heavy atom. The highest BCUT2D eigenvalue weighted by atomic mass is 16.6. The summed E-state index contributed by atoms with van der Waals surface area (Å²) in [5, 5.41) is 10.7. The molecule has 0 amide bonds. The minimum absolute atomic E-state index is 0.00267. The molecule has 0 saturated carbocycles. The molecule has 0 N–H and O–H groups in total. The lowest BCUT2D eigenvalue weighted by Gasteiger charge is -1.95. The van der Waals surface area contributed by atoms with E-state index in [1.165, 1.54) is 12.1 Å². The lowest BCUT2D eigenvalue weighted by Crippen LogP contribution is -1.87. The molecule has 3 aromatic carbocycles. The maximum atomic E-state index is 11.9. The van der Waals surface area contributed by atoms with Crippen molar-refractivity contribution in [2.45, 2.75) is 0 Å². The third-order valence-electron chi connectivity index (χ3n) is 3.05. The summed E-state index contributed by atoms with van der Waals surface area (Å²) in [5.41, 5.74) is 2.66. The molecule has 0 atom stereocenters. The third kappa shape index (κ3) is 1.93. The van der Waals surface area contributed by atoms with Gasteiger partial charge in [-0.25, -0.2) is 0 Å². The zero-order valence-electron chi connectivity index (χ0n) is 9.87. The summed E-state index contributed by atoms with van der Waals surface area (Å²) in [7, 11) is 0. The van der Waals surface area contributed by atoms with Crippen LogP contribution in [0.1, 0.15) is 0 Å². The molecular formula is C15H9NO3. The van der Waals surface area contributed by atoms with Gasteiger partial charge in [-0.15, -0.1) is 0 Å². The molecule has 0 saturated heterocycles. The molecule has 4 heteroatoms. The smallest absolute Gasteiger partial charge is 0.270 e. The molecule has 3 aromatic rings. The Labute approximate surface area is 108 Å². The second kappa shape index (κ2) is 4.17. The van der Waals surface area contributed by atoms with Gasteiger partial charge in [0.15, 0.2) is 5.43 Å². The highest BCUT2D eigenvalue weighted by molar-refractivity contribution is 5.94. The van der Waals surface area contributed by atoms with Gasteiger partial charge in [-0.2, -0.15) is 0 Å². The van der Waals surface area contributed by atoms with E-state index in [2.05, 4.69) is 0 Å². The minimum atomic E-state index is -0.459. The van der Waals surface area contributed by atoms with Crippen LogP contribution < -0.4 is 5.43 Å². The van der Waals surface area contributed by atoms with E-state index in [9.17, 15) is 14.9 Å². The Bertz CT molecular complexity index is 768. The molecule has 0 aliphatic heterocycles. The van der Waals surface area contributed by atoms with Gasteiger partial charge in [-0.3, -0.25) is 14.9 Å². The molecule has 0 aliphatic carbocycles. The number of nitro benzene ring substituents is 1. The van der Waals surface area contributed by atoms with Crippen LogP contribution in [0.5, 0.6) is 0 Å². The predicted molar refractivity (Wildman–Crippen MR) is 72.6 cm³/mol. The number of rotatable bonds is 3. The lowest BCUT2D eigenvalue weighted by atomic mass is 10.1. The number of hydrogen-bond donors (Lipinski definition) is 0. The van der Waals surface area contributed by atoms with E-state index in [-0.39, 0.29) is 11.1 Å². The van der Waals surface area contributed by atoms with Gasteiger partial charge in [0.2, 0.25) is 0 Å². The summed E-state index contributed by atoms with van der Waals surface area (Å²) >= 11 is 0. The number of benzene rings is 2. The predicted octanol–water partition coefficient (Wildman–Crippen LogP) is 3.16. The van der Waals surface area contributed by atoms with Crippen LogP contribution in [0.15, 0.2) is 59.4 Å². The first kappa shape index (κ1) is 11.3. The Kier molecular flexibility index (Phi) is 2.49. The molecule has 0 spiro atoms. The van der Waals surface area contributed by atoms with Crippen molar-refractivity contribution in [3.05, 3.63) is 74.9 Å². The summed E-state index contributed by atoms with van der Waals surface area (Å²) < 4.78 is 0. The zero-order valence-corrected chi connectivity index (χ0v) is 9.87. The fourth-order valence-corrected chi connectivity index (χ4v) is 2.10. The SMILES string of the molecule is O=c1c(-c2ccccc2)c1-c1cccc([N+](=O)[O-])c1. The Morgan fingerprint density at radius 1 is 0.842 bits per heavy atom. The molecule has 3 rings (SSSR count). The highest BCUT2D eigenvalue weighted by Crippen LogP contribution is 2.35. The van der Waals surface area contributed by atoms with E-state index >= 15 is 0 Å². The fraction of sp³-hybridized carbons (Fsp3) is 0. The van der Waals surface area contributed by atoms with Crippen LogP contribution in [0.4, 0.5) is 5.69 Å². The van der Waals surface area contributed by atoms with E-state index in [1.54, 1.807) is 12.1 Å². The fourth-order valence-electron chi connectivity index (χ4n) is 2.10. The monoisotopic (exact) mass is 251 g/mol. The summed E-state index contributed by atoms with van der Waals surface area (Å²) in [6.07, 6.45) is 0. The van der Waals surface area contributed by atoms with E-state index in [0.29, 0.717) is 16.7 Å². The molecule has 92 valence electrons. The van der Waals surface area contributed by atoms with Gasteiger partial charge in [-0.1, -0.05) is 42.5 Å². The summed E-state index contributed by atoms with van der Waals surface area (Å²) in [4.78, 5) is 22.1. The van der Waals surface area contributed by atoms with Crippen molar-refractivity contribution < 1.29 is 4.92 Å². The average Bonchev–Trinajstić information content (AvgIpc) is 3.11. The summed E-state index contributed by atoms with van der Waals surface area (Å²) in [5.74, 6) is 0. The van der Waals surface area contributed by atoms with Gasteiger partial charge in [0.1, 0.15) is 0 Å². The van der Waals surface area contributed by atoms with Crippen LogP contribution in [0.2, 0.25) is 0 Å². The molecule has 4 nitrogen and oxygen atoms in total. The topological polar surface area (TPSA) is 60.2 Å². The number of nitrogens with zero attached hydrogens (tertiary/aromatic N) is 1. The van der Waals surface area contributed by atoms with Crippen LogP contribution in [0, 0.1) is 10.1 Å². The molecule has 0 bridgehead atoms. The van der Waals surface area contributed by atoms with Crippen molar-refractivity contribution in [1.82, 2.24) is 0 Å². The minimum Gasteiger partial charge on any atom is -0.289 e. The van der Waals surface area contributed by atoms with Crippen LogP contribution in [-0.2, 0) is 0 Å². The summed E-state index contributed by atoms with van der Waals surface area (Å²) in [6, 6.07) is 15.5. The zero-order chi connectivity index (χ0) is 13.4. The lowest BCUT2D eigenvalue weighted by molar-refractivity contribution is -0.384. The van der Waals surface area contributed by atoms with Crippen molar-refractivity contribution in [3.63, 3.8) is 0 Å². The molecule has 19 heavy (non-hydrogen) atoms. The number of hydrogen-bond acceptors (Lipinski definition) is 3. The second-order valence-electron chi connectivity index (χ2n) is 4.25. The Morgan fingerprint density at radius 3 is 2.16 bits per heavy atom. The summed E-state index contributed by atoms with van der Waals surface area (Å²) in [6.45, 7) is 0. The van der Waals surface area contributed by atoms with Gasteiger partial charge in [0.25, 0.3) is 5.69 Å². The Balaban J connectivity index is 2.04. The molecule has 0 aromatic heterocycles. The van der Waals surface area contributed by atoms with Gasteiger partial charge in [0.05, 0.1) is 4.92 Å². The first-order valence-electron chi connectivity index (χ1n) is 5.77. The maximum absolute atomic E-state index is 11.9. The van der Waals surface area contributed by atoms with Gasteiger partial charge < -0.3 is 0 Å². The van der Waals surface area contributed by atoms with Crippen molar-refractivity contribution in [2.24, 2.45) is 0 Å². The highest BCUT2D eigenvalue weighted by Gasteiger charge is 2.25. The van der Waals surface area contributed by atoms with Crippen molar-refractivity contribution in [3.8, 4) is 22.3 Å². The average molecular weight is 251 g/mol. The van der Waals surface area contributed by atoms with Gasteiger partial charge >= 0.3 is 0 Å². The molecular weight excluding hydrogens is 242 g/mol. The maximum Gasteiger partial charge on any atom is 0.270 e. The van der Waals surface area contributed by atoms with Crippen molar-refractivity contribution in [2.75, 3.05) is 0 Å². The van der Waals surface area contributed by atoms with E-state index in [4.69, 9.17) is 0 Å². The largest absolute Gasteiger partial charge is 0.289 e. The quantitative estimate of drug-likeness (QED) is 0.530. The third-order valence-corrected chi connectivity index (χ3v) is 3.05. The number of non-ortho nitro benzene ring substituents is 1. The van der Waals surface area contributed by atoms with Crippen LogP contribution in [0.3, 0.4) is 0 Å². The molecule has 0 aliphatic rings. The molecule has 0 radical (unpaired) electrons. The van der Waals surface area contributed by atoms with E-state index in [0.717, 1.165) is 5.56 Å². The van der Waals surface area contributed by atoms with Gasteiger partial charge in [0, 0.05) is 23.3 Å². The van der Waals surface area contributed by atoms with E-state index < -0.39 is 4.92 Å². The molecule has 0 heterocycles. The molecule has 0 unspecified atom stereocenters. The first-order valence-corrected chi connectivity index (χ1v) is 5.77. The van der Waals surface area contributed by atoms with Crippen LogP contribution >= 0.6 is 0 Å². The van der Waals surface area contributed by atoms with Crippen molar-refractivity contribution >= 4 is 5.69 Å². The molecule has 0 fully saturated rings. The van der Waals surface area contributed by atoms with Crippen LogP contribution in [0.25, 0.3) is 22.3 Å². The van der Waals surface area contributed by atoms with Crippen molar-refractivity contribution in [1.29, 1.82) is 0 Å².